The van der Waals surface area contributed by atoms with Crippen LogP contribution in [0.1, 0.15) is 18.6 Å². The lowest BCUT2D eigenvalue weighted by molar-refractivity contribution is 0.223. The first-order valence-electron chi connectivity index (χ1n) is 3.91. The predicted molar refractivity (Wildman–Crippen MR) is 53.9 cm³/mol. The van der Waals surface area contributed by atoms with Crippen molar-refractivity contribution in [1.29, 1.82) is 0 Å². The topological polar surface area (TPSA) is 20.2 Å². The molecule has 0 saturated carbocycles. The molecule has 0 aliphatic carbocycles. The van der Waals surface area contributed by atoms with Crippen LogP contribution in [0.2, 0.25) is 0 Å². The van der Waals surface area contributed by atoms with E-state index in [2.05, 4.69) is 15.9 Å². The number of benzene rings is 1. The van der Waals surface area contributed by atoms with Crippen LogP contribution in [0.3, 0.4) is 0 Å². The maximum absolute atomic E-state index is 13.1. The first kappa shape index (κ1) is 10.4. The van der Waals surface area contributed by atoms with Crippen molar-refractivity contribution >= 4 is 15.9 Å². The van der Waals surface area contributed by atoms with Gasteiger partial charge in [0.05, 0.1) is 6.10 Å². The van der Waals surface area contributed by atoms with E-state index in [1.807, 2.05) is 0 Å². The van der Waals surface area contributed by atoms with Gasteiger partial charge in [0.25, 0.3) is 0 Å². The third kappa shape index (κ3) is 2.64. The van der Waals surface area contributed by atoms with Crippen LogP contribution in [0, 0.1) is 5.82 Å². The molecular formula is C10H10BrFO. The first-order chi connectivity index (χ1) is 6.15. The number of aliphatic hydroxyl groups excluding tert-OH is 1. The van der Waals surface area contributed by atoms with E-state index < -0.39 is 11.9 Å². The summed E-state index contributed by atoms with van der Waals surface area (Å²) in [5.74, 6) is -0.395. The van der Waals surface area contributed by atoms with Gasteiger partial charge in [0.1, 0.15) is 5.82 Å². The summed E-state index contributed by atoms with van der Waals surface area (Å²) in [6.45, 7) is 1.78. The normalized spacial score (nSPS) is 13.5. The third-order valence-corrected chi connectivity index (χ3v) is 2.14. The van der Waals surface area contributed by atoms with Crippen LogP contribution in [0.5, 0.6) is 0 Å². The summed E-state index contributed by atoms with van der Waals surface area (Å²) in [5, 5.41) is 9.48. The Balaban J connectivity index is 3.05. The minimum atomic E-state index is -0.873. The van der Waals surface area contributed by atoms with Gasteiger partial charge in [-0.15, -0.1) is 0 Å². The van der Waals surface area contributed by atoms with Crippen LogP contribution >= 0.6 is 15.9 Å². The van der Waals surface area contributed by atoms with Crippen LogP contribution in [0.25, 0.3) is 0 Å². The molecule has 0 heterocycles. The molecule has 0 aliphatic heterocycles. The van der Waals surface area contributed by atoms with E-state index in [4.69, 9.17) is 0 Å². The molecule has 0 aromatic heterocycles. The lowest BCUT2D eigenvalue weighted by atomic mass is 10.1. The number of allylic oxidation sites excluding steroid dienone is 1. The molecule has 0 fully saturated rings. The van der Waals surface area contributed by atoms with Crippen molar-refractivity contribution in [3.8, 4) is 0 Å². The molecule has 0 spiro atoms. The maximum Gasteiger partial charge on any atom is 0.129 e. The standard InChI is InChI=1S/C10H10BrFO/c1-2-3-10(13)8-6-7(11)4-5-9(8)12/h2-6,10,13H,1H3/b3-2+. The predicted octanol–water partition coefficient (Wildman–Crippen LogP) is 3.20. The highest BCUT2D eigenvalue weighted by Crippen LogP contribution is 2.22. The van der Waals surface area contributed by atoms with Crippen molar-refractivity contribution in [2.24, 2.45) is 0 Å². The smallest absolute Gasteiger partial charge is 0.129 e. The largest absolute Gasteiger partial charge is 0.384 e. The highest BCUT2D eigenvalue weighted by Gasteiger charge is 2.09. The van der Waals surface area contributed by atoms with Crippen molar-refractivity contribution in [2.45, 2.75) is 13.0 Å². The molecule has 1 rings (SSSR count). The Morgan fingerprint density at radius 2 is 2.23 bits per heavy atom. The molecule has 1 aromatic carbocycles. The van der Waals surface area contributed by atoms with Gasteiger partial charge in [-0.2, -0.15) is 0 Å². The van der Waals surface area contributed by atoms with E-state index in [1.54, 1.807) is 25.1 Å². The summed E-state index contributed by atoms with van der Waals surface area (Å²) in [6.07, 6.45) is 2.35. The van der Waals surface area contributed by atoms with Gasteiger partial charge in [0.15, 0.2) is 0 Å². The molecule has 1 aromatic rings. The van der Waals surface area contributed by atoms with E-state index in [0.717, 1.165) is 4.47 Å². The summed E-state index contributed by atoms with van der Waals surface area (Å²) >= 11 is 3.21. The van der Waals surface area contributed by atoms with Gasteiger partial charge in [-0.3, -0.25) is 0 Å². The Labute approximate surface area is 85.0 Å². The fourth-order valence-electron chi connectivity index (χ4n) is 1.03. The lowest BCUT2D eigenvalue weighted by Gasteiger charge is -2.07. The van der Waals surface area contributed by atoms with E-state index in [-0.39, 0.29) is 5.56 Å². The molecule has 0 bridgehead atoms. The lowest BCUT2D eigenvalue weighted by Crippen LogP contribution is -1.96. The van der Waals surface area contributed by atoms with Crippen LogP contribution in [0.4, 0.5) is 4.39 Å². The zero-order chi connectivity index (χ0) is 9.84. The molecule has 0 aliphatic rings. The minimum Gasteiger partial charge on any atom is -0.384 e. The van der Waals surface area contributed by atoms with Crippen LogP contribution in [0.15, 0.2) is 34.8 Å². The Bertz CT molecular complexity index is 323. The highest BCUT2D eigenvalue weighted by atomic mass is 79.9. The molecular weight excluding hydrogens is 235 g/mol. The van der Waals surface area contributed by atoms with Gasteiger partial charge >= 0.3 is 0 Å². The van der Waals surface area contributed by atoms with Gasteiger partial charge in [-0.1, -0.05) is 28.1 Å². The highest BCUT2D eigenvalue weighted by molar-refractivity contribution is 9.10. The molecule has 1 N–H and O–H groups in total. The van der Waals surface area contributed by atoms with E-state index >= 15 is 0 Å². The average Bonchev–Trinajstić information content (AvgIpc) is 2.09. The number of halogens is 2. The second-order valence-corrected chi connectivity index (χ2v) is 3.55. The Hall–Kier alpha value is -0.670. The van der Waals surface area contributed by atoms with Gasteiger partial charge in [-0.05, 0) is 25.1 Å². The summed E-state index contributed by atoms with van der Waals surface area (Å²) < 4.78 is 13.9. The zero-order valence-electron chi connectivity index (χ0n) is 7.17. The SMILES string of the molecule is C/C=C/C(O)c1cc(Br)ccc1F. The summed E-state index contributed by atoms with van der Waals surface area (Å²) in [6, 6.07) is 4.49. The van der Waals surface area contributed by atoms with Gasteiger partial charge in [-0.25, -0.2) is 4.39 Å². The molecule has 0 amide bonds. The van der Waals surface area contributed by atoms with E-state index in [1.165, 1.54) is 12.1 Å². The molecule has 1 unspecified atom stereocenters. The van der Waals surface area contributed by atoms with Crippen LogP contribution in [-0.2, 0) is 0 Å². The Morgan fingerprint density at radius 3 is 2.85 bits per heavy atom. The van der Waals surface area contributed by atoms with E-state index in [9.17, 15) is 9.50 Å². The zero-order valence-corrected chi connectivity index (χ0v) is 8.75. The van der Waals surface area contributed by atoms with Crippen molar-refractivity contribution in [3.63, 3.8) is 0 Å². The Kier molecular flexibility index (Phi) is 3.63. The molecule has 70 valence electrons. The minimum absolute atomic E-state index is 0.285. The maximum atomic E-state index is 13.1. The van der Waals surface area contributed by atoms with Crippen molar-refractivity contribution in [1.82, 2.24) is 0 Å². The van der Waals surface area contributed by atoms with E-state index in [0.29, 0.717) is 0 Å². The monoisotopic (exact) mass is 244 g/mol. The fourth-order valence-corrected chi connectivity index (χ4v) is 1.41. The van der Waals surface area contributed by atoms with Crippen molar-refractivity contribution in [2.75, 3.05) is 0 Å². The number of hydrogen-bond donors (Lipinski definition) is 1. The van der Waals surface area contributed by atoms with Crippen molar-refractivity contribution < 1.29 is 9.50 Å². The second kappa shape index (κ2) is 4.53. The fraction of sp³-hybridized carbons (Fsp3) is 0.200. The van der Waals surface area contributed by atoms with Crippen LogP contribution < -0.4 is 0 Å². The van der Waals surface area contributed by atoms with Crippen molar-refractivity contribution in [3.05, 3.63) is 46.2 Å². The first-order valence-corrected chi connectivity index (χ1v) is 4.70. The van der Waals surface area contributed by atoms with Gasteiger partial charge < -0.3 is 5.11 Å². The Morgan fingerprint density at radius 1 is 1.54 bits per heavy atom. The molecule has 1 nitrogen and oxygen atoms in total. The average molecular weight is 245 g/mol. The summed E-state index contributed by atoms with van der Waals surface area (Å²) in [7, 11) is 0. The molecule has 0 radical (unpaired) electrons. The van der Waals surface area contributed by atoms with Gasteiger partial charge in [0, 0.05) is 10.0 Å². The summed E-state index contributed by atoms with van der Waals surface area (Å²) in [4.78, 5) is 0. The van der Waals surface area contributed by atoms with Gasteiger partial charge in [0.2, 0.25) is 0 Å². The number of aliphatic hydroxyl groups is 1. The molecule has 3 heteroatoms. The molecule has 0 saturated heterocycles. The third-order valence-electron chi connectivity index (χ3n) is 1.65. The molecule has 13 heavy (non-hydrogen) atoms. The van der Waals surface area contributed by atoms with Crippen LogP contribution in [-0.4, -0.2) is 5.11 Å². The number of rotatable bonds is 2. The molecule has 1 atom stereocenters. The quantitative estimate of drug-likeness (QED) is 0.793. The second-order valence-electron chi connectivity index (χ2n) is 2.64. The number of hydrogen-bond acceptors (Lipinski definition) is 1. The summed E-state index contributed by atoms with van der Waals surface area (Å²) in [5.41, 5.74) is 0.285.